The number of nitrogens with one attached hydrogen (secondary N) is 1. The van der Waals surface area contributed by atoms with Crippen molar-refractivity contribution in [2.45, 2.75) is 30.4 Å². The number of carboxylic acids is 1. The summed E-state index contributed by atoms with van der Waals surface area (Å²) in [6.07, 6.45) is 0.517. The fourth-order valence-electron chi connectivity index (χ4n) is 1.91. The number of benzene rings is 1. The van der Waals surface area contributed by atoms with Crippen molar-refractivity contribution in [2.24, 2.45) is 0 Å². The monoisotopic (exact) mass is 350 g/mol. The van der Waals surface area contributed by atoms with Crippen LogP contribution >= 0.6 is 23.1 Å². The van der Waals surface area contributed by atoms with Crippen LogP contribution in [0.15, 0.2) is 34.5 Å². The second-order valence-electron chi connectivity index (χ2n) is 5.10. The third kappa shape index (κ3) is 5.07. The molecule has 1 aromatic heterocycles. The summed E-state index contributed by atoms with van der Waals surface area (Å²) in [6, 6.07) is 7.52. The molecule has 0 aliphatic rings. The van der Waals surface area contributed by atoms with Crippen molar-refractivity contribution < 1.29 is 14.7 Å². The number of carbonyl (C=O) groups excluding carboxylic acids is 1. The maximum Gasteiger partial charge on any atom is 0.355 e. The van der Waals surface area contributed by atoms with Gasteiger partial charge in [-0.25, -0.2) is 9.78 Å². The predicted molar refractivity (Wildman–Crippen MR) is 92.5 cm³/mol. The number of amides is 1. The minimum Gasteiger partial charge on any atom is -0.476 e. The molecule has 1 aromatic carbocycles. The molecule has 0 aliphatic heterocycles. The number of nitrogens with zero attached hydrogens (tertiary/aromatic N) is 1. The van der Waals surface area contributed by atoms with Crippen molar-refractivity contribution >= 4 is 35.0 Å². The van der Waals surface area contributed by atoms with Gasteiger partial charge in [0.1, 0.15) is 0 Å². The molecule has 0 aliphatic carbocycles. The van der Waals surface area contributed by atoms with E-state index in [0.29, 0.717) is 28.8 Å². The molecule has 2 rings (SSSR count). The molecule has 0 saturated carbocycles. The van der Waals surface area contributed by atoms with Crippen LogP contribution < -0.4 is 5.32 Å². The molecule has 5 nitrogen and oxygen atoms in total. The number of carboxylic acid groups (broad SMARTS) is 1. The first-order valence-electron chi connectivity index (χ1n) is 7.19. The molecule has 0 unspecified atom stereocenters. The first kappa shape index (κ1) is 17.5. The molecule has 122 valence electrons. The average Bonchev–Trinajstić information content (AvgIpc) is 2.96. The number of rotatable bonds is 7. The van der Waals surface area contributed by atoms with Gasteiger partial charge in [0.25, 0.3) is 5.91 Å². The summed E-state index contributed by atoms with van der Waals surface area (Å²) in [7, 11) is 0. The molecule has 0 bridgehead atoms. The lowest BCUT2D eigenvalue weighted by Gasteiger charge is -2.11. The molecule has 0 fully saturated rings. The number of thiazole rings is 1. The van der Waals surface area contributed by atoms with E-state index in [0.717, 1.165) is 4.90 Å². The molecule has 0 spiro atoms. The van der Waals surface area contributed by atoms with E-state index in [1.807, 2.05) is 24.3 Å². The largest absolute Gasteiger partial charge is 0.476 e. The topological polar surface area (TPSA) is 79.3 Å². The van der Waals surface area contributed by atoms with Gasteiger partial charge in [-0.1, -0.05) is 26.0 Å². The van der Waals surface area contributed by atoms with Gasteiger partial charge in [-0.3, -0.25) is 4.79 Å². The number of carbonyl (C=O) groups is 2. The van der Waals surface area contributed by atoms with E-state index in [1.54, 1.807) is 11.8 Å². The molecule has 0 saturated heterocycles. The zero-order chi connectivity index (χ0) is 16.8. The van der Waals surface area contributed by atoms with Crippen molar-refractivity contribution in [3.63, 3.8) is 0 Å². The summed E-state index contributed by atoms with van der Waals surface area (Å²) < 4.78 is 0. The summed E-state index contributed by atoms with van der Waals surface area (Å²) in [5.74, 6) is -1.15. The minimum atomic E-state index is -1.03. The standard InChI is InChI=1S/C16H18N2O3S2/c1-10(2)23-13-6-4-3-5-11(13)15(19)17-8-7-14-18-12(9-22-14)16(20)21/h3-6,9-10H,7-8H2,1-2H3,(H,17,19)(H,20,21). The number of hydrogen-bond acceptors (Lipinski definition) is 5. The lowest BCUT2D eigenvalue weighted by molar-refractivity contribution is 0.0690. The zero-order valence-corrected chi connectivity index (χ0v) is 14.5. The minimum absolute atomic E-state index is 0.0509. The molecule has 7 heteroatoms. The van der Waals surface area contributed by atoms with Gasteiger partial charge in [0, 0.05) is 28.5 Å². The second kappa shape index (κ2) is 8.12. The molecule has 2 aromatic rings. The van der Waals surface area contributed by atoms with Crippen molar-refractivity contribution in [3.8, 4) is 0 Å². The number of hydrogen-bond donors (Lipinski definition) is 2. The normalized spacial score (nSPS) is 10.7. The highest BCUT2D eigenvalue weighted by Crippen LogP contribution is 2.26. The van der Waals surface area contributed by atoms with E-state index in [1.165, 1.54) is 16.7 Å². The van der Waals surface area contributed by atoms with Gasteiger partial charge < -0.3 is 10.4 Å². The fourth-order valence-corrected chi connectivity index (χ4v) is 3.64. The van der Waals surface area contributed by atoms with Crippen LogP contribution in [0.3, 0.4) is 0 Å². The second-order valence-corrected chi connectivity index (χ2v) is 7.66. The van der Waals surface area contributed by atoms with Gasteiger partial charge in [-0.15, -0.1) is 23.1 Å². The van der Waals surface area contributed by atoms with E-state index < -0.39 is 5.97 Å². The van der Waals surface area contributed by atoms with Crippen LogP contribution in [0.4, 0.5) is 0 Å². The fraction of sp³-hybridized carbons (Fsp3) is 0.312. The van der Waals surface area contributed by atoms with Crippen LogP contribution in [0.2, 0.25) is 0 Å². The Labute approximate surface area is 143 Å². The molecular formula is C16H18N2O3S2. The number of aromatic carboxylic acids is 1. The smallest absolute Gasteiger partial charge is 0.355 e. The highest BCUT2D eigenvalue weighted by atomic mass is 32.2. The maximum atomic E-state index is 12.3. The van der Waals surface area contributed by atoms with Crippen LogP contribution in [0.1, 0.15) is 39.7 Å². The van der Waals surface area contributed by atoms with Gasteiger partial charge in [-0.2, -0.15) is 0 Å². The maximum absolute atomic E-state index is 12.3. The summed E-state index contributed by atoms with van der Waals surface area (Å²) in [5, 5.41) is 14.3. The van der Waals surface area contributed by atoms with Crippen LogP contribution in [0, 0.1) is 0 Å². The third-order valence-electron chi connectivity index (χ3n) is 2.89. The molecule has 1 amide bonds. The Morgan fingerprint density at radius 2 is 2.09 bits per heavy atom. The molecular weight excluding hydrogens is 332 g/mol. The van der Waals surface area contributed by atoms with Crippen LogP contribution in [0.5, 0.6) is 0 Å². The lowest BCUT2D eigenvalue weighted by Crippen LogP contribution is -2.26. The highest BCUT2D eigenvalue weighted by Gasteiger charge is 2.13. The molecule has 2 N–H and O–H groups in total. The van der Waals surface area contributed by atoms with E-state index in [9.17, 15) is 9.59 Å². The SMILES string of the molecule is CC(C)Sc1ccccc1C(=O)NCCc1nc(C(=O)O)cs1. The van der Waals surface area contributed by atoms with E-state index in [2.05, 4.69) is 24.1 Å². The van der Waals surface area contributed by atoms with Crippen molar-refractivity contribution in [3.05, 3.63) is 45.9 Å². The van der Waals surface area contributed by atoms with E-state index in [-0.39, 0.29) is 11.6 Å². The van der Waals surface area contributed by atoms with Crippen LogP contribution in [0.25, 0.3) is 0 Å². The summed E-state index contributed by atoms with van der Waals surface area (Å²) in [6.45, 7) is 4.59. The van der Waals surface area contributed by atoms with Crippen LogP contribution in [-0.4, -0.2) is 33.8 Å². The Hall–Kier alpha value is -1.86. The van der Waals surface area contributed by atoms with Crippen molar-refractivity contribution in [1.82, 2.24) is 10.3 Å². The molecule has 0 radical (unpaired) electrons. The van der Waals surface area contributed by atoms with Crippen LogP contribution in [-0.2, 0) is 6.42 Å². The Balaban J connectivity index is 1.93. The Bertz CT molecular complexity index is 698. The molecule has 23 heavy (non-hydrogen) atoms. The van der Waals surface area contributed by atoms with Gasteiger partial charge in [0.15, 0.2) is 5.69 Å². The number of aromatic nitrogens is 1. The Morgan fingerprint density at radius 3 is 2.74 bits per heavy atom. The van der Waals surface area contributed by atoms with Gasteiger partial charge >= 0.3 is 5.97 Å². The number of thioether (sulfide) groups is 1. The quantitative estimate of drug-likeness (QED) is 0.749. The summed E-state index contributed by atoms with van der Waals surface area (Å²) in [4.78, 5) is 28.1. The third-order valence-corrected chi connectivity index (χ3v) is 4.88. The summed E-state index contributed by atoms with van der Waals surface area (Å²) >= 11 is 2.94. The first-order chi connectivity index (χ1) is 11.0. The average molecular weight is 350 g/mol. The Kier molecular flexibility index (Phi) is 6.18. The lowest BCUT2D eigenvalue weighted by atomic mass is 10.2. The molecule has 1 heterocycles. The van der Waals surface area contributed by atoms with E-state index in [4.69, 9.17) is 5.11 Å². The zero-order valence-electron chi connectivity index (χ0n) is 12.9. The van der Waals surface area contributed by atoms with Crippen molar-refractivity contribution in [2.75, 3.05) is 6.54 Å². The van der Waals surface area contributed by atoms with Gasteiger partial charge in [0.05, 0.1) is 10.6 Å². The summed E-state index contributed by atoms with van der Waals surface area (Å²) in [5.41, 5.74) is 0.714. The van der Waals surface area contributed by atoms with Crippen molar-refractivity contribution in [1.29, 1.82) is 0 Å². The molecule has 0 atom stereocenters. The van der Waals surface area contributed by atoms with Gasteiger partial charge in [0.2, 0.25) is 0 Å². The first-order valence-corrected chi connectivity index (χ1v) is 8.95. The predicted octanol–water partition coefficient (Wildman–Crippen LogP) is 3.31. The highest BCUT2D eigenvalue weighted by molar-refractivity contribution is 8.00. The van der Waals surface area contributed by atoms with Gasteiger partial charge in [-0.05, 0) is 12.1 Å². The Morgan fingerprint density at radius 1 is 1.35 bits per heavy atom. The van der Waals surface area contributed by atoms with E-state index >= 15 is 0 Å².